The number of benzene rings is 4. The Hall–Kier alpha value is -4.12. The molecule has 1 saturated carbocycles. The van der Waals surface area contributed by atoms with Crippen LogP contribution in [-0.4, -0.2) is 29.3 Å². The lowest BCUT2D eigenvalue weighted by atomic mass is 9.79. The van der Waals surface area contributed by atoms with Crippen LogP contribution in [0, 0.1) is 11.8 Å². The third-order valence-electron chi connectivity index (χ3n) is 9.32. The van der Waals surface area contributed by atoms with Crippen molar-refractivity contribution >= 4 is 28.3 Å². The minimum absolute atomic E-state index is 0.0360. The first kappa shape index (κ1) is 24.9. The van der Waals surface area contributed by atoms with Crippen LogP contribution in [0.3, 0.4) is 0 Å². The average Bonchev–Trinajstić information content (AvgIpc) is 3.46. The van der Waals surface area contributed by atoms with Crippen LogP contribution in [0.4, 0.5) is 5.69 Å². The Morgan fingerprint density at radius 2 is 1.52 bits per heavy atom. The monoisotopic (exact) mass is 529 g/mol. The van der Waals surface area contributed by atoms with E-state index in [0.29, 0.717) is 11.5 Å². The maximum Gasteiger partial charge on any atom is 0.251 e. The Bertz CT molecular complexity index is 1550. The van der Waals surface area contributed by atoms with Crippen molar-refractivity contribution in [1.82, 2.24) is 10.2 Å². The first-order valence-electron chi connectivity index (χ1n) is 14.7. The molecule has 202 valence electrons. The number of nitrogens with one attached hydrogen (secondary N) is 2. The number of carbonyl (C=O) groups excluding carboxylic acids is 2. The zero-order chi connectivity index (χ0) is 27.1. The van der Waals surface area contributed by atoms with Gasteiger partial charge in [-0.15, -0.1) is 0 Å². The Morgan fingerprint density at radius 1 is 0.775 bits per heavy atom. The number of carbonyl (C=O) groups is 2. The Morgan fingerprint density at radius 3 is 2.40 bits per heavy atom. The topological polar surface area (TPSA) is 61.4 Å². The molecule has 0 spiro atoms. The summed E-state index contributed by atoms with van der Waals surface area (Å²) in [7, 11) is 0. The van der Waals surface area contributed by atoms with Crippen molar-refractivity contribution in [2.75, 3.05) is 11.9 Å². The summed E-state index contributed by atoms with van der Waals surface area (Å²) in [6, 6.07) is 33.0. The molecule has 0 bridgehead atoms. The molecule has 2 aliphatic heterocycles. The molecule has 40 heavy (non-hydrogen) atoms. The summed E-state index contributed by atoms with van der Waals surface area (Å²) < 4.78 is 0. The van der Waals surface area contributed by atoms with Gasteiger partial charge in [0.2, 0.25) is 5.91 Å². The quantitative estimate of drug-likeness (QED) is 0.303. The van der Waals surface area contributed by atoms with Crippen LogP contribution in [0.15, 0.2) is 97.1 Å². The molecule has 1 aliphatic carbocycles. The molecule has 2 fully saturated rings. The van der Waals surface area contributed by atoms with Crippen LogP contribution in [0.1, 0.15) is 65.7 Å². The van der Waals surface area contributed by atoms with E-state index in [1.165, 1.54) is 11.1 Å². The van der Waals surface area contributed by atoms with Gasteiger partial charge in [-0.2, -0.15) is 0 Å². The molecular weight excluding hydrogens is 494 g/mol. The normalized spacial score (nSPS) is 25.5. The van der Waals surface area contributed by atoms with Gasteiger partial charge in [0.25, 0.3) is 5.91 Å². The van der Waals surface area contributed by atoms with E-state index in [2.05, 4.69) is 76.2 Å². The van der Waals surface area contributed by atoms with E-state index < -0.39 is 0 Å². The zero-order valence-electron chi connectivity index (χ0n) is 22.6. The Kier molecular flexibility index (Phi) is 6.51. The number of amides is 2. The Labute approximate surface area is 235 Å². The van der Waals surface area contributed by atoms with Crippen LogP contribution < -0.4 is 10.6 Å². The number of fused-ring (bicyclic) bond motifs is 4. The van der Waals surface area contributed by atoms with Crippen molar-refractivity contribution in [3.8, 4) is 0 Å². The fourth-order valence-electron chi connectivity index (χ4n) is 7.36. The van der Waals surface area contributed by atoms with Gasteiger partial charge in [-0.05, 0) is 59.4 Å². The molecule has 2 amide bonds. The number of likely N-dealkylation sites (tertiary alicyclic amines) is 1. The van der Waals surface area contributed by atoms with E-state index in [1.54, 1.807) is 0 Å². The standard InChI is InChI=1S/C35H35N3O2/c39-34(26-19-18-23-10-4-5-13-25(23)22-26)37-31-17-9-7-15-28(31)35(40)38-21-20-29-32(24-11-2-1-3-12-24)36-30-16-8-6-14-27(30)33(29)38/h1-6,8,10-14,16,18-19,22,28-29,31-33,36H,7,9,15,17,20-21H2,(H,37,39)/t28-,29+,31?,32-,33-/m0/s1. The number of hydrogen-bond donors (Lipinski definition) is 2. The molecule has 5 atom stereocenters. The lowest BCUT2D eigenvalue weighted by Gasteiger charge is -2.42. The minimum Gasteiger partial charge on any atom is -0.378 e. The van der Waals surface area contributed by atoms with Gasteiger partial charge in [0, 0.05) is 29.8 Å². The molecule has 2 N–H and O–H groups in total. The second-order valence-corrected chi connectivity index (χ2v) is 11.6. The van der Waals surface area contributed by atoms with Crippen molar-refractivity contribution in [1.29, 1.82) is 0 Å². The molecular formula is C35H35N3O2. The highest BCUT2D eigenvalue weighted by atomic mass is 16.2. The SMILES string of the molecule is O=C(NC1CCCC[C@@H]1C(=O)N1CC[C@@H]2[C@H](c3ccccc3)Nc3ccccc3[C@@H]21)c1ccc2ccccc2c1. The first-order chi connectivity index (χ1) is 19.7. The summed E-state index contributed by atoms with van der Waals surface area (Å²) >= 11 is 0. The first-order valence-corrected chi connectivity index (χ1v) is 14.7. The second-order valence-electron chi connectivity index (χ2n) is 11.6. The van der Waals surface area contributed by atoms with Gasteiger partial charge >= 0.3 is 0 Å². The Balaban J connectivity index is 1.15. The van der Waals surface area contributed by atoms with Gasteiger partial charge in [-0.3, -0.25) is 9.59 Å². The van der Waals surface area contributed by atoms with Crippen LogP contribution in [-0.2, 0) is 4.79 Å². The van der Waals surface area contributed by atoms with Gasteiger partial charge in [0.15, 0.2) is 0 Å². The molecule has 4 aromatic rings. The highest BCUT2D eigenvalue weighted by molar-refractivity contribution is 5.99. The maximum atomic E-state index is 14.4. The number of rotatable bonds is 4. The molecule has 3 aliphatic rings. The van der Waals surface area contributed by atoms with Crippen molar-refractivity contribution < 1.29 is 9.59 Å². The fourth-order valence-corrected chi connectivity index (χ4v) is 7.36. The molecule has 5 nitrogen and oxygen atoms in total. The number of hydrogen-bond acceptors (Lipinski definition) is 3. The lowest BCUT2D eigenvalue weighted by molar-refractivity contribution is -0.138. The largest absolute Gasteiger partial charge is 0.378 e. The smallest absolute Gasteiger partial charge is 0.251 e. The predicted molar refractivity (Wildman–Crippen MR) is 159 cm³/mol. The minimum atomic E-state index is -0.200. The average molecular weight is 530 g/mol. The third-order valence-corrected chi connectivity index (χ3v) is 9.32. The van der Waals surface area contributed by atoms with E-state index in [1.807, 2.05) is 36.4 Å². The molecule has 0 aromatic heterocycles. The van der Waals surface area contributed by atoms with Crippen LogP contribution in [0.25, 0.3) is 10.8 Å². The molecule has 1 unspecified atom stereocenters. The molecule has 0 radical (unpaired) electrons. The molecule has 1 saturated heterocycles. The highest BCUT2D eigenvalue weighted by Crippen LogP contribution is 2.51. The van der Waals surface area contributed by atoms with E-state index in [0.717, 1.165) is 55.1 Å². The number of anilines is 1. The van der Waals surface area contributed by atoms with Gasteiger partial charge in [0.05, 0.1) is 18.0 Å². The molecule has 7 rings (SSSR count). The van der Waals surface area contributed by atoms with E-state index in [4.69, 9.17) is 0 Å². The summed E-state index contributed by atoms with van der Waals surface area (Å²) in [6.07, 6.45) is 4.66. The van der Waals surface area contributed by atoms with Gasteiger partial charge < -0.3 is 15.5 Å². The number of para-hydroxylation sites is 1. The van der Waals surface area contributed by atoms with Crippen molar-refractivity contribution in [2.45, 2.75) is 50.2 Å². The summed E-state index contributed by atoms with van der Waals surface area (Å²) in [5, 5.41) is 9.24. The van der Waals surface area contributed by atoms with E-state index in [-0.39, 0.29) is 35.9 Å². The van der Waals surface area contributed by atoms with Crippen molar-refractivity contribution in [3.05, 3.63) is 114 Å². The van der Waals surface area contributed by atoms with Crippen LogP contribution >= 0.6 is 0 Å². The maximum absolute atomic E-state index is 14.4. The van der Waals surface area contributed by atoms with Gasteiger partial charge in [-0.1, -0.05) is 91.7 Å². The lowest BCUT2D eigenvalue weighted by Crippen LogP contribution is -2.50. The number of nitrogens with zero attached hydrogens (tertiary/aromatic N) is 1. The highest BCUT2D eigenvalue weighted by Gasteiger charge is 2.48. The molecule has 2 heterocycles. The summed E-state index contributed by atoms with van der Waals surface area (Å²) in [4.78, 5) is 29.9. The molecule has 4 aromatic carbocycles. The summed E-state index contributed by atoms with van der Waals surface area (Å²) in [6.45, 7) is 0.745. The molecule has 5 heteroatoms. The van der Waals surface area contributed by atoms with Gasteiger partial charge in [0.1, 0.15) is 0 Å². The third kappa shape index (κ3) is 4.43. The van der Waals surface area contributed by atoms with Crippen molar-refractivity contribution in [3.63, 3.8) is 0 Å². The fraction of sp³-hybridized carbons (Fsp3) is 0.314. The summed E-state index contributed by atoms with van der Waals surface area (Å²) in [5.74, 6) is 0.204. The van der Waals surface area contributed by atoms with Crippen molar-refractivity contribution in [2.24, 2.45) is 11.8 Å². The summed E-state index contributed by atoms with van der Waals surface area (Å²) in [5.41, 5.74) is 4.23. The van der Waals surface area contributed by atoms with Gasteiger partial charge in [-0.25, -0.2) is 0 Å². The van der Waals surface area contributed by atoms with Crippen LogP contribution in [0.2, 0.25) is 0 Å². The van der Waals surface area contributed by atoms with E-state index in [9.17, 15) is 9.59 Å². The predicted octanol–water partition coefficient (Wildman–Crippen LogP) is 6.89. The second kappa shape index (κ2) is 10.5. The van der Waals surface area contributed by atoms with Crippen LogP contribution in [0.5, 0.6) is 0 Å². The van der Waals surface area contributed by atoms with E-state index >= 15 is 0 Å². The zero-order valence-corrected chi connectivity index (χ0v) is 22.6.